The molecule has 0 aliphatic heterocycles. The molecule has 1 aromatic rings. The lowest BCUT2D eigenvalue weighted by Gasteiger charge is -2.05. The maximum Gasteiger partial charge on any atom is 0.289 e. The second-order valence-electron chi connectivity index (χ2n) is 2.89. The monoisotopic (exact) mass is 272 g/mol. The minimum absolute atomic E-state index is 0.150. The van der Waals surface area contributed by atoms with E-state index in [0.29, 0.717) is 11.1 Å². The molecule has 0 spiro atoms. The number of aliphatic hydroxyl groups excluding tert-OH is 1. The minimum atomic E-state index is -0.150. The summed E-state index contributed by atoms with van der Waals surface area (Å²) in [6.45, 7) is 0.793. The summed E-state index contributed by atoms with van der Waals surface area (Å²) in [7, 11) is 1.40. The highest BCUT2D eigenvalue weighted by molar-refractivity contribution is 9.11. The molecule has 0 amide bonds. The van der Waals surface area contributed by atoms with Crippen molar-refractivity contribution < 1.29 is 14.6 Å². The number of benzene rings is 1. The third kappa shape index (κ3) is 4.36. The molecule has 82 valence electrons. The molecule has 0 aromatic heterocycles. The Hall–Kier alpha value is -1.00. The lowest BCUT2D eigenvalue weighted by molar-refractivity contribution is 0.112. The van der Waals surface area contributed by atoms with E-state index in [2.05, 4.69) is 20.7 Å². The average molecular weight is 273 g/mol. The first-order chi connectivity index (χ1) is 7.24. The van der Waals surface area contributed by atoms with Gasteiger partial charge in [-0.25, -0.2) is 0 Å². The number of methoxy groups -OCH3 is 1. The lowest BCUT2D eigenvalue weighted by atomic mass is 10.2. The van der Waals surface area contributed by atoms with E-state index in [1.165, 1.54) is 7.11 Å². The predicted octanol–water partition coefficient (Wildman–Crippen LogP) is 2.97. The van der Waals surface area contributed by atoms with Crippen LogP contribution in [0.4, 0.5) is 0 Å². The van der Waals surface area contributed by atoms with Crippen molar-refractivity contribution in [2.75, 3.05) is 13.7 Å². The van der Waals surface area contributed by atoms with Crippen molar-refractivity contribution in [3.05, 3.63) is 46.3 Å². The van der Waals surface area contributed by atoms with E-state index < -0.39 is 0 Å². The molecule has 3 nitrogen and oxygen atoms in total. The van der Waals surface area contributed by atoms with Crippen LogP contribution in [0.5, 0.6) is 0 Å². The van der Waals surface area contributed by atoms with Gasteiger partial charge in [0.2, 0.25) is 0 Å². The van der Waals surface area contributed by atoms with E-state index in [1.807, 2.05) is 30.3 Å². The highest BCUT2D eigenvalue weighted by atomic mass is 79.9. The van der Waals surface area contributed by atoms with E-state index in [0.717, 1.165) is 5.56 Å². The van der Waals surface area contributed by atoms with Crippen LogP contribution in [0.15, 0.2) is 40.8 Å². The molecule has 0 saturated carbocycles. The molecule has 0 heterocycles. The maximum atomic E-state index is 9.15. The fourth-order valence-electron chi connectivity index (χ4n) is 1.01. The van der Waals surface area contributed by atoms with Crippen LogP contribution in [0.1, 0.15) is 5.56 Å². The number of hydrogen-bond acceptors (Lipinski definition) is 3. The van der Waals surface area contributed by atoms with Gasteiger partial charge in [-0.2, -0.15) is 0 Å². The van der Waals surface area contributed by atoms with Crippen molar-refractivity contribution in [3.8, 4) is 0 Å². The Kier molecular flexibility index (Phi) is 5.21. The van der Waals surface area contributed by atoms with Gasteiger partial charge in [0.05, 0.1) is 20.3 Å². The van der Waals surface area contributed by atoms with Crippen LogP contribution in [-0.2, 0) is 16.1 Å². The smallest absolute Gasteiger partial charge is 0.289 e. The molecule has 1 aromatic carbocycles. The van der Waals surface area contributed by atoms with Crippen LogP contribution >= 0.6 is 15.9 Å². The zero-order valence-corrected chi connectivity index (χ0v) is 10.0. The van der Waals surface area contributed by atoms with Gasteiger partial charge >= 0.3 is 0 Å². The number of halogens is 1. The van der Waals surface area contributed by atoms with Crippen LogP contribution in [0.3, 0.4) is 0 Å². The van der Waals surface area contributed by atoms with Crippen LogP contribution in [-0.4, -0.2) is 18.8 Å². The van der Waals surface area contributed by atoms with Gasteiger partial charge in [0.15, 0.2) is 0 Å². The highest BCUT2D eigenvalue weighted by Gasteiger charge is 2.02. The second-order valence-corrected chi connectivity index (χ2v) is 3.85. The molecular weight excluding hydrogens is 260 g/mol. The lowest BCUT2D eigenvalue weighted by Crippen LogP contribution is -1.98. The average Bonchev–Trinajstić information content (AvgIpc) is 2.29. The van der Waals surface area contributed by atoms with E-state index in [-0.39, 0.29) is 12.6 Å². The molecule has 0 saturated heterocycles. The summed E-state index contributed by atoms with van der Waals surface area (Å²) in [6, 6.07) is 9.82. The molecule has 0 atom stereocenters. The minimum Gasteiger partial charge on any atom is -0.480 e. The molecule has 0 radical (unpaired) electrons. The van der Waals surface area contributed by atoms with Crippen LogP contribution in [0, 0.1) is 0 Å². The molecule has 0 aliphatic rings. The predicted molar refractivity (Wildman–Crippen MR) is 61.7 cm³/mol. The molecule has 0 unspecified atom stereocenters. The van der Waals surface area contributed by atoms with Crippen molar-refractivity contribution in [3.63, 3.8) is 0 Å². The quantitative estimate of drug-likeness (QED) is 0.838. The molecule has 0 fully saturated rings. The standard InChI is InChI=1S/C11H13BrO3/c1-14-11(13)10(12)8-15-7-9-5-3-2-4-6-9/h2-6,13H,7-8H2,1H3/b11-10-. The SMILES string of the molecule is CO/C(O)=C(\Br)COCc1ccccc1. The summed E-state index contributed by atoms with van der Waals surface area (Å²) in [5.41, 5.74) is 1.09. The first-order valence-corrected chi connectivity index (χ1v) is 5.26. The maximum absolute atomic E-state index is 9.15. The van der Waals surface area contributed by atoms with Crippen LogP contribution in [0.25, 0.3) is 0 Å². The Morgan fingerprint density at radius 1 is 1.33 bits per heavy atom. The summed E-state index contributed by atoms with van der Waals surface area (Å²) in [5, 5.41) is 9.15. The summed E-state index contributed by atoms with van der Waals surface area (Å²) >= 11 is 3.16. The largest absolute Gasteiger partial charge is 0.480 e. The van der Waals surface area contributed by atoms with Gasteiger partial charge in [0.25, 0.3) is 5.95 Å². The number of aliphatic hydroxyl groups is 1. The van der Waals surface area contributed by atoms with E-state index >= 15 is 0 Å². The van der Waals surface area contributed by atoms with Gasteiger partial charge in [0.1, 0.15) is 4.48 Å². The van der Waals surface area contributed by atoms with E-state index in [9.17, 15) is 0 Å². The Morgan fingerprint density at radius 2 is 2.00 bits per heavy atom. The van der Waals surface area contributed by atoms with E-state index in [4.69, 9.17) is 9.84 Å². The first-order valence-electron chi connectivity index (χ1n) is 4.47. The van der Waals surface area contributed by atoms with Gasteiger partial charge in [-0.3, -0.25) is 0 Å². The Labute approximate surface area is 97.5 Å². The Balaban J connectivity index is 2.34. The van der Waals surface area contributed by atoms with Crippen molar-refractivity contribution in [2.24, 2.45) is 0 Å². The first kappa shape index (κ1) is 12.1. The van der Waals surface area contributed by atoms with Crippen molar-refractivity contribution in [1.82, 2.24) is 0 Å². The Bertz CT molecular complexity index is 322. The van der Waals surface area contributed by atoms with Gasteiger partial charge in [-0.15, -0.1) is 0 Å². The summed E-state index contributed by atoms with van der Waals surface area (Å²) < 4.78 is 10.5. The van der Waals surface area contributed by atoms with Gasteiger partial charge in [-0.05, 0) is 21.5 Å². The fourth-order valence-corrected chi connectivity index (χ4v) is 1.33. The fraction of sp³-hybridized carbons (Fsp3) is 0.273. The van der Waals surface area contributed by atoms with Crippen LogP contribution < -0.4 is 0 Å². The topological polar surface area (TPSA) is 38.7 Å². The molecule has 0 aliphatic carbocycles. The van der Waals surface area contributed by atoms with Gasteiger partial charge in [-0.1, -0.05) is 30.3 Å². The number of rotatable bonds is 5. The van der Waals surface area contributed by atoms with Crippen LogP contribution in [0.2, 0.25) is 0 Å². The summed E-state index contributed by atoms with van der Waals surface area (Å²) in [6.07, 6.45) is 0. The third-order valence-electron chi connectivity index (χ3n) is 1.77. The summed E-state index contributed by atoms with van der Waals surface area (Å²) in [5.74, 6) is -0.150. The van der Waals surface area contributed by atoms with Gasteiger partial charge in [0, 0.05) is 0 Å². The molecule has 1 N–H and O–H groups in total. The molecule has 0 bridgehead atoms. The van der Waals surface area contributed by atoms with Crippen molar-refractivity contribution in [2.45, 2.75) is 6.61 Å². The normalized spacial score (nSPS) is 12.1. The molecule has 15 heavy (non-hydrogen) atoms. The zero-order valence-electron chi connectivity index (χ0n) is 8.44. The summed E-state index contributed by atoms with van der Waals surface area (Å²) in [4.78, 5) is 0. The number of ether oxygens (including phenoxy) is 2. The number of hydrogen-bond donors (Lipinski definition) is 1. The van der Waals surface area contributed by atoms with Crippen molar-refractivity contribution in [1.29, 1.82) is 0 Å². The second kappa shape index (κ2) is 6.48. The zero-order chi connectivity index (χ0) is 11.1. The molecule has 4 heteroatoms. The van der Waals surface area contributed by atoms with Crippen molar-refractivity contribution >= 4 is 15.9 Å². The Morgan fingerprint density at radius 3 is 2.60 bits per heavy atom. The third-order valence-corrected chi connectivity index (χ3v) is 2.33. The highest BCUT2D eigenvalue weighted by Crippen LogP contribution is 2.12. The van der Waals surface area contributed by atoms with Gasteiger partial charge < -0.3 is 14.6 Å². The van der Waals surface area contributed by atoms with E-state index in [1.54, 1.807) is 0 Å². The molecule has 1 rings (SSSR count). The molecular formula is C11H13BrO3.